The second kappa shape index (κ2) is 8.09. The lowest BCUT2D eigenvalue weighted by molar-refractivity contribution is 0.0575. The number of amides is 1. The predicted molar refractivity (Wildman–Crippen MR) is 94.3 cm³/mol. The Hall–Kier alpha value is -2.44. The summed E-state index contributed by atoms with van der Waals surface area (Å²) in [5.74, 6) is -0.0953. The molecule has 1 aliphatic rings. The van der Waals surface area contributed by atoms with Gasteiger partial charge in [-0.1, -0.05) is 13.3 Å². The second-order valence-electron chi connectivity index (χ2n) is 6.51. The number of aromatic nitrogens is 4. The molecule has 3 rings (SSSR count). The van der Waals surface area contributed by atoms with Gasteiger partial charge in [0.1, 0.15) is 5.69 Å². The summed E-state index contributed by atoms with van der Waals surface area (Å²) in [5.41, 5.74) is 0.194. The smallest absolute Gasteiger partial charge is 0.274 e. The summed E-state index contributed by atoms with van der Waals surface area (Å²) in [4.78, 5) is 26.8. The lowest BCUT2D eigenvalue weighted by Gasteiger charge is -2.35. The lowest BCUT2D eigenvalue weighted by Crippen LogP contribution is -2.46. The molecule has 7 heteroatoms. The van der Waals surface area contributed by atoms with E-state index in [9.17, 15) is 9.59 Å². The number of hydrogen-bond acceptors (Lipinski definition) is 4. The molecule has 0 unspecified atom stereocenters. The van der Waals surface area contributed by atoms with Crippen molar-refractivity contribution in [1.29, 1.82) is 0 Å². The third-order valence-corrected chi connectivity index (χ3v) is 4.65. The molecule has 0 aliphatic carbocycles. The number of nitrogens with zero attached hydrogens (tertiary/aromatic N) is 5. The summed E-state index contributed by atoms with van der Waals surface area (Å²) in [7, 11) is 0. The number of piperidine rings is 1. The Kier molecular flexibility index (Phi) is 5.63. The van der Waals surface area contributed by atoms with E-state index in [2.05, 4.69) is 17.1 Å². The van der Waals surface area contributed by atoms with Gasteiger partial charge in [-0.2, -0.15) is 10.2 Å². The average Bonchev–Trinajstić information content (AvgIpc) is 3.14. The highest BCUT2D eigenvalue weighted by Gasteiger charge is 2.29. The molecular weight excluding hydrogens is 318 g/mol. The van der Waals surface area contributed by atoms with Crippen LogP contribution in [0.25, 0.3) is 0 Å². The number of carbonyl (C=O) groups is 1. The first-order valence-corrected chi connectivity index (χ1v) is 9.05. The van der Waals surface area contributed by atoms with Crippen LogP contribution in [0.5, 0.6) is 0 Å². The van der Waals surface area contributed by atoms with Crippen molar-refractivity contribution in [1.82, 2.24) is 24.5 Å². The van der Waals surface area contributed by atoms with Gasteiger partial charge in [-0.25, -0.2) is 4.68 Å². The molecule has 7 nitrogen and oxygen atoms in total. The van der Waals surface area contributed by atoms with Crippen LogP contribution >= 0.6 is 0 Å². The van der Waals surface area contributed by atoms with Gasteiger partial charge in [0.15, 0.2) is 0 Å². The van der Waals surface area contributed by atoms with Crippen molar-refractivity contribution in [2.24, 2.45) is 0 Å². The van der Waals surface area contributed by atoms with Gasteiger partial charge in [-0.15, -0.1) is 0 Å². The Morgan fingerprint density at radius 1 is 1.32 bits per heavy atom. The van der Waals surface area contributed by atoms with E-state index in [0.717, 1.165) is 38.6 Å². The van der Waals surface area contributed by atoms with Crippen molar-refractivity contribution < 1.29 is 4.79 Å². The van der Waals surface area contributed by atoms with E-state index < -0.39 is 0 Å². The monoisotopic (exact) mass is 343 g/mol. The van der Waals surface area contributed by atoms with Crippen LogP contribution in [0.15, 0.2) is 35.4 Å². The molecule has 0 N–H and O–H groups in total. The van der Waals surface area contributed by atoms with Crippen LogP contribution in [0.4, 0.5) is 0 Å². The van der Waals surface area contributed by atoms with Crippen LogP contribution in [0.1, 0.15) is 49.5 Å². The van der Waals surface area contributed by atoms with Crippen LogP contribution in [0.3, 0.4) is 0 Å². The van der Waals surface area contributed by atoms with Gasteiger partial charge in [-0.3, -0.25) is 14.3 Å². The van der Waals surface area contributed by atoms with E-state index in [4.69, 9.17) is 0 Å². The van der Waals surface area contributed by atoms with Crippen LogP contribution in [-0.2, 0) is 13.1 Å². The molecule has 0 radical (unpaired) electrons. The molecular formula is C18H25N5O2. The zero-order valence-corrected chi connectivity index (χ0v) is 14.7. The number of hydrogen-bond donors (Lipinski definition) is 0. The van der Waals surface area contributed by atoms with Gasteiger partial charge in [0.05, 0.1) is 12.6 Å². The first-order valence-electron chi connectivity index (χ1n) is 9.05. The average molecular weight is 343 g/mol. The molecule has 0 saturated carbocycles. The predicted octanol–water partition coefficient (Wildman–Crippen LogP) is 1.93. The normalized spacial score (nSPS) is 17.6. The number of aryl methyl sites for hydroxylation is 1. The standard InChI is InChI=1S/C18H25N5O2/c1-2-3-13-23-17(24)9-8-16(20-23)18(25)22-12-5-4-7-15(22)14-21-11-6-10-19-21/h6,8-11,15H,2-5,7,12-14H2,1H3/t15-/m1/s1. The van der Waals surface area contributed by atoms with E-state index in [-0.39, 0.29) is 17.5 Å². The Balaban J connectivity index is 1.78. The van der Waals surface area contributed by atoms with Crippen molar-refractivity contribution in [3.05, 3.63) is 46.6 Å². The molecule has 1 atom stereocenters. The number of rotatable bonds is 6. The molecule has 134 valence electrons. The maximum absolute atomic E-state index is 13.0. The Bertz CT molecular complexity index is 753. The van der Waals surface area contributed by atoms with Gasteiger partial charge in [0, 0.05) is 31.5 Å². The molecule has 2 aromatic heterocycles. The Morgan fingerprint density at radius 2 is 2.20 bits per heavy atom. The fourth-order valence-corrected chi connectivity index (χ4v) is 3.26. The highest BCUT2D eigenvalue weighted by atomic mass is 16.2. The van der Waals surface area contributed by atoms with Crippen molar-refractivity contribution in [2.45, 2.75) is 58.2 Å². The van der Waals surface area contributed by atoms with Crippen LogP contribution in [-0.4, -0.2) is 43.0 Å². The fourth-order valence-electron chi connectivity index (χ4n) is 3.26. The van der Waals surface area contributed by atoms with E-state index in [0.29, 0.717) is 18.8 Å². The zero-order valence-electron chi connectivity index (χ0n) is 14.7. The van der Waals surface area contributed by atoms with Crippen LogP contribution in [0, 0.1) is 0 Å². The van der Waals surface area contributed by atoms with Gasteiger partial charge in [0.25, 0.3) is 11.5 Å². The topological polar surface area (TPSA) is 73.0 Å². The molecule has 3 heterocycles. The summed E-state index contributed by atoms with van der Waals surface area (Å²) < 4.78 is 3.27. The highest BCUT2D eigenvalue weighted by Crippen LogP contribution is 2.20. The van der Waals surface area contributed by atoms with Crippen molar-refractivity contribution in [3.8, 4) is 0 Å². The summed E-state index contributed by atoms with van der Waals surface area (Å²) in [6.07, 6.45) is 8.58. The van der Waals surface area contributed by atoms with E-state index in [1.54, 1.807) is 12.3 Å². The van der Waals surface area contributed by atoms with Crippen molar-refractivity contribution in [2.75, 3.05) is 6.54 Å². The second-order valence-corrected chi connectivity index (χ2v) is 6.51. The summed E-state index contributed by atoms with van der Waals surface area (Å²) in [6.45, 7) is 4.02. The molecule has 0 spiro atoms. The SMILES string of the molecule is CCCCn1nc(C(=O)N2CCCC[C@@H]2Cn2cccn2)ccc1=O. The molecule has 1 fully saturated rings. The first kappa shape index (κ1) is 17.4. The Morgan fingerprint density at radius 3 is 2.96 bits per heavy atom. The third kappa shape index (κ3) is 4.15. The van der Waals surface area contributed by atoms with Gasteiger partial charge in [0.2, 0.25) is 0 Å². The minimum Gasteiger partial charge on any atom is -0.332 e. The number of likely N-dealkylation sites (tertiary alicyclic amines) is 1. The van der Waals surface area contributed by atoms with Crippen molar-refractivity contribution >= 4 is 5.91 Å². The van der Waals surface area contributed by atoms with Crippen LogP contribution in [0.2, 0.25) is 0 Å². The molecule has 1 saturated heterocycles. The largest absolute Gasteiger partial charge is 0.332 e. The maximum atomic E-state index is 13.0. The summed E-state index contributed by atoms with van der Waals surface area (Å²) in [6, 6.07) is 4.99. The summed E-state index contributed by atoms with van der Waals surface area (Å²) in [5, 5.41) is 8.56. The van der Waals surface area contributed by atoms with Gasteiger partial charge in [-0.05, 0) is 37.8 Å². The number of unbranched alkanes of at least 4 members (excludes halogenated alkanes) is 1. The zero-order chi connectivity index (χ0) is 17.6. The molecule has 2 aromatic rings. The maximum Gasteiger partial charge on any atom is 0.274 e. The fraction of sp³-hybridized carbons (Fsp3) is 0.556. The molecule has 0 bridgehead atoms. The minimum atomic E-state index is -0.156. The van der Waals surface area contributed by atoms with Crippen molar-refractivity contribution in [3.63, 3.8) is 0 Å². The van der Waals surface area contributed by atoms with E-state index >= 15 is 0 Å². The lowest BCUT2D eigenvalue weighted by atomic mass is 10.0. The summed E-state index contributed by atoms with van der Waals surface area (Å²) >= 11 is 0. The molecule has 1 aliphatic heterocycles. The molecule has 25 heavy (non-hydrogen) atoms. The number of carbonyl (C=O) groups excluding carboxylic acids is 1. The molecule has 0 aromatic carbocycles. The van der Waals surface area contributed by atoms with Gasteiger partial charge >= 0.3 is 0 Å². The van der Waals surface area contributed by atoms with Gasteiger partial charge < -0.3 is 4.90 Å². The Labute approximate surface area is 147 Å². The first-order chi connectivity index (χ1) is 12.2. The van der Waals surface area contributed by atoms with E-state index in [1.165, 1.54) is 10.7 Å². The van der Waals surface area contributed by atoms with Crippen LogP contribution < -0.4 is 5.56 Å². The van der Waals surface area contributed by atoms with E-state index in [1.807, 2.05) is 21.8 Å². The minimum absolute atomic E-state index is 0.0953. The molecule has 1 amide bonds. The quantitative estimate of drug-likeness (QED) is 0.803. The highest BCUT2D eigenvalue weighted by molar-refractivity contribution is 5.92. The third-order valence-electron chi connectivity index (χ3n) is 4.65.